The minimum absolute atomic E-state index is 0.0133. The fraction of sp³-hybridized carbons (Fsp3) is 0.357. The van der Waals surface area contributed by atoms with Crippen LogP contribution >= 0.6 is 23.5 Å². The number of amides is 4. The number of fused-ring (bicyclic) bond motifs is 5. The third-order valence-corrected chi connectivity index (χ3v) is 11.0. The molecular formula is C42H47N5O8S2. The Bertz CT molecular complexity index is 1990. The first kappa shape index (κ1) is 42.7. The van der Waals surface area contributed by atoms with Gasteiger partial charge in [0.15, 0.2) is 5.12 Å². The second kappa shape index (κ2) is 21.2. The van der Waals surface area contributed by atoms with Gasteiger partial charge in [0, 0.05) is 30.0 Å². The van der Waals surface area contributed by atoms with E-state index in [0.29, 0.717) is 30.7 Å². The Morgan fingerprint density at radius 3 is 2.39 bits per heavy atom. The maximum Gasteiger partial charge on any atom is 0.407 e. The summed E-state index contributed by atoms with van der Waals surface area (Å²) in [6.07, 6.45) is 6.28. The van der Waals surface area contributed by atoms with Crippen molar-refractivity contribution in [2.45, 2.75) is 75.5 Å². The van der Waals surface area contributed by atoms with Crippen LogP contribution in [-0.4, -0.2) is 77.2 Å². The van der Waals surface area contributed by atoms with E-state index in [0.717, 1.165) is 38.9 Å². The Kier molecular flexibility index (Phi) is 15.9. The van der Waals surface area contributed by atoms with Crippen molar-refractivity contribution in [2.75, 3.05) is 25.2 Å². The summed E-state index contributed by atoms with van der Waals surface area (Å²) in [6, 6.07) is 18.2. The van der Waals surface area contributed by atoms with Gasteiger partial charge in [0.05, 0.1) is 18.7 Å². The molecule has 13 nitrogen and oxygen atoms in total. The maximum absolute atomic E-state index is 13.7. The molecule has 0 fully saturated rings. The first-order valence-corrected chi connectivity index (χ1v) is 21.0. The summed E-state index contributed by atoms with van der Waals surface area (Å²) in [6.45, 7) is 3.49. The number of ether oxygens (including phenoxy) is 2. The minimum atomic E-state index is -1.16. The lowest BCUT2D eigenvalue weighted by Crippen LogP contribution is -2.46. The number of hydrogen-bond acceptors (Lipinski definition) is 11. The van der Waals surface area contributed by atoms with Gasteiger partial charge in [-0.25, -0.2) is 14.6 Å². The molecule has 3 aromatic rings. The molecule has 0 unspecified atom stereocenters. The van der Waals surface area contributed by atoms with Gasteiger partial charge in [-0.05, 0) is 79.3 Å². The van der Waals surface area contributed by atoms with Crippen LogP contribution in [0.15, 0.2) is 89.5 Å². The van der Waals surface area contributed by atoms with Crippen molar-refractivity contribution >= 4 is 58.4 Å². The van der Waals surface area contributed by atoms with E-state index in [4.69, 9.17) is 9.47 Å². The van der Waals surface area contributed by atoms with Crippen LogP contribution in [-0.2, 0) is 35.2 Å². The molecular weight excluding hydrogens is 767 g/mol. The Morgan fingerprint density at radius 2 is 1.70 bits per heavy atom. The normalized spacial score (nSPS) is 18.3. The van der Waals surface area contributed by atoms with Crippen LogP contribution in [0, 0.1) is 0 Å². The number of alkyl carbamates (subject to hydrolysis) is 1. The van der Waals surface area contributed by atoms with E-state index in [9.17, 15) is 28.8 Å². The van der Waals surface area contributed by atoms with E-state index in [1.807, 2.05) is 42.7 Å². The number of hydrogen-bond donors (Lipinski definition) is 4. The average Bonchev–Trinajstić information content (AvgIpc) is 3.53. The van der Waals surface area contributed by atoms with E-state index in [1.54, 1.807) is 25.1 Å². The van der Waals surface area contributed by atoms with Crippen LogP contribution in [0.3, 0.4) is 0 Å². The van der Waals surface area contributed by atoms with Gasteiger partial charge in [0.25, 0.3) is 11.8 Å². The fourth-order valence-corrected chi connectivity index (χ4v) is 7.61. The number of rotatable bonds is 12. The van der Waals surface area contributed by atoms with E-state index < -0.39 is 41.9 Å². The largest absolute Gasteiger partial charge is 0.456 e. The molecule has 0 radical (unpaired) electrons. The van der Waals surface area contributed by atoms with Gasteiger partial charge in [-0.15, -0.1) is 11.8 Å². The predicted molar refractivity (Wildman–Crippen MR) is 219 cm³/mol. The molecule has 0 saturated carbocycles. The number of allylic oxidation sites excluding steroid dienone is 2. The van der Waals surface area contributed by atoms with Gasteiger partial charge in [-0.3, -0.25) is 19.2 Å². The van der Waals surface area contributed by atoms with Gasteiger partial charge < -0.3 is 30.7 Å². The highest BCUT2D eigenvalue weighted by atomic mass is 32.2. The standard InChI is InChI=1S/C42H47N5O8S2/c1-4-33-39(50)47-35(18-9-11-21-43-42(53)54-25-32-30-16-7-5-14-28(30)29-15-6-8-17-31(29)32)41(52)55-27(13-10-12-22-57-26(2)48)23-38(49)44-24-36-37(56-3)20-19-34(45-36)40(51)46-33/h4-8,10,13-17,19-20,27,32,35H,9,11-12,18,21-25H2,1-3H3,(H,43,53)(H,44,49)(H,46,51)(H,47,50)/b13-10+,33-4-/t27-,35+/m1/s1. The van der Waals surface area contributed by atoms with Crippen LogP contribution in [0.2, 0.25) is 0 Å². The molecule has 4 amide bonds. The van der Waals surface area contributed by atoms with Crippen LogP contribution in [0.5, 0.6) is 0 Å². The second-order valence-corrected chi connectivity index (χ2v) is 15.4. The summed E-state index contributed by atoms with van der Waals surface area (Å²) >= 11 is 2.56. The number of thioether (sulfide) groups is 2. The lowest BCUT2D eigenvalue weighted by atomic mass is 9.98. The number of carbonyl (C=O) groups excluding carboxylic acids is 6. The molecule has 1 aliphatic heterocycles. The molecule has 1 aliphatic carbocycles. The first-order chi connectivity index (χ1) is 27.6. The average molecular weight is 814 g/mol. The van der Waals surface area contributed by atoms with Crippen LogP contribution in [0.25, 0.3) is 11.1 Å². The number of benzene rings is 2. The number of nitrogens with zero attached hydrogens (tertiary/aromatic N) is 1. The van der Waals surface area contributed by atoms with Crippen molar-refractivity contribution < 1.29 is 38.2 Å². The first-order valence-electron chi connectivity index (χ1n) is 18.8. The molecule has 2 atom stereocenters. The summed E-state index contributed by atoms with van der Waals surface area (Å²) in [4.78, 5) is 82.9. The number of esters is 1. The van der Waals surface area contributed by atoms with Gasteiger partial charge >= 0.3 is 12.1 Å². The van der Waals surface area contributed by atoms with Gasteiger partial charge in [-0.2, -0.15) is 0 Å². The lowest BCUT2D eigenvalue weighted by molar-refractivity contribution is -0.152. The predicted octanol–water partition coefficient (Wildman–Crippen LogP) is 5.79. The summed E-state index contributed by atoms with van der Waals surface area (Å²) in [5, 5.41) is 10.8. The van der Waals surface area contributed by atoms with Crippen molar-refractivity contribution in [1.29, 1.82) is 0 Å². The molecule has 1 aromatic heterocycles. The lowest BCUT2D eigenvalue weighted by Gasteiger charge is -2.22. The molecule has 5 rings (SSSR count). The molecule has 2 bridgehead atoms. The Labute approximate surface area is 340 Å². The molecule has 4 N–H and O–H groups in total. The zero-order chi connectivity index (χ0) is 40.7. The van der Waals surface area contributed by atoms with Crippen molar-refractivity contribution in [3.8, 4) is 11.1 Å². The monoisotopic (exact) mass is 813 g/mol. The zero-order valence-electron chi connectivity index (χ0n) is 32.1. The summed E-state index contributed by atoms with van der Waals surface area (Å²) in [7, 11) is 0. The quantitative estimate of drug-likeness (QED) is 0.0572. The number of pyridine rings is 1. The van der Waals surface area contributed by atoms with Crippen molar-refractivity contribution in [2.24, 2.45) is 0 Å². The smallest absolute Gasteiger partial charge is 0.407 e. The Hall–Kier alpha value is -5.41. The van der Waals surface area contributed by atoms with E-state index in [-0.39, 0.29) is 55.0 Å². The summed E-state index contributed by atoms with van der Waals surface area (Å²) in [5.74, 6) is -2.13. The summed E-state index contributed by atoms with van der Waals surface area (Å²) < 4.78 is 11.5. The van der Waals surface area contributed by atoms with Gasteiger partial charge in [-0.1, -0.05) is 72.4 Å². The molecule has 2 heterocycles. The van der Waals surface area contributed by atoms with Gasteiger partial charge in [0.2, 0.25) is 5.91 Å². The molecule has 57 heavy (non-hydrogen) atoms. The van der Waals surface area contributed by atoms with Crippen LogP contribution < -0.4 is 21.3 Å². The highest BCUT2D eigenvalue weighted by Gasteiger charge is 2.30. The van der Waals surface area contributed by atoms with Gasteiger partial charge in [0.1, 0.15) is 30.1 Å². The van der Waals surface area contributed by atoms with Crippen molar-refractivity contribution in [3.63, 3.8) is 0 Å². The SMILES string of the molecule is C/C=C1\NC(=O)c2ccc(SC)c(n2)CNC(=O)C[C@@H](/C=C/CCSC(C)=O)OC(=O)[C@H](CCCCNC(=O)OCC2c3ccccc3-c3ccccc32)NC1=O. The Balaban J connectivity index is 1.23. The molecule has 2 aliphatic rings. The third kappa shape index (κ3) is 12.0. The number of aromatic nitrogens is 1. The molecule has 2 aromatic carbocycles. The Morgan fingerprint density at radius 1 is 0.982 bits per heavy atom. The minimum Gasteiger partial charge on any atom is -0.456 e. The molecule has 300 valence electrons. The van der Waals surface area contributed by atoms with Crippen molar-refractivity contribution in [1.82, 2.24) is 26.3 Å². The zero-order valence-corrected chi connectivity index (χ0v) is 33.8. The van der Waals surface area contributed by atoms with Crippen LogP contribution in [0.4, 0.5) is 4.79 Å². The van der Waals surface area contributed by atoms with Crippen molar-refractivity contribution in [3.05, 3.63) is 107 Å². The highest BCUT2D eigenvalue weighted by Crippen LogP contribution is 2.44. The maximum atomic E-state index is 13.7. The third-order valence-electron chi connectivity index (χ3n) is 9.34. The fourth-order valence-electron chi connectivity index (χ4n) is 6.51. The number of carbonyl (C=O) groups is 6. The molecule has 0 saturated heterocycles. The molecule has 0 spiro atoms. The van der Waals surface area contributed by atoms with Crippen LogP contribution in [0.1, 0.15) is 79.2 Å². The van der Waals surface area contributed by atoms with E-state index in [1.165, 1.54) is 30.8 Å². The second-order valence-electron chi connectivity index (χ2n) is 13.3. The number of unbranched alkanes of at least 4 members (excludes halogenated alkanes) is 1. The topological polar surface area (TPSA) is 182 Å². The number of nitrogens with one attached hydrogen (secondary N) is 4. The highest BCUT2D eigenvalue weighted by molar-refractivity contribution is 8.13. The molecule has 15 heteroatoms. The van der Waals surface area contributed by atoms with E-state index >= 15 is 0 Å². The number of cyclic esters (lactones) is 1. The summed E-state index contributed by atoms with van der Waals surface area (Å²) in [5.41, 5.74) is 4.89. The van der Waals surface area contributed by atoms with E-state index in [2.05, 4.69) is 38.4 Å².